The molecule has 2 rings (SSSR count). The predicted molar refractivity (Wildman–Crippen MR) is 83.9 cm³/mol. The van der Waals surface area contributed by atoms with E-state index in [9.17, 15) is 8.42 Å². The number of hydrogen-bond donors (Lipinski definition) is 2. The van der Waals surface area contributed by atoms with Gasteiger partial charge in [-0.1, -0.05) is 30.3 Å². The number of rotatable bonds is 5. The number of benzene rings is 2. The van der Waals surface area contributed by atoms with Crippen LogP contribution in [0.1, 0.15) is 5.56 Å². The first kappa shape index (κ1) is 15.0. The van der Waals surface area contributed by atoms with Gasteiger partial charge in [0.15, 0.2) is 0 Å². The summed E-state index contributed by atoms with van der Waals surface area (Å²) in [6.45, 7) is 0.350. The van der Waals surface area contributed by atoms with Crippen LogP contribution in [0.4, 0.5) is 5.69 Å². The topological polar surface area (TPSA) is 72.2 Å². The minimum Gasteiger partial charge on any atom is -0.398 e. The summed E-state index contributed by atoms with van der Waals surface area (Å²) in [4.78, 5) is 0.172. The van der Waals surface area contributed by atoms with Crippen molar-refractivity contribution >= 4 is 31.6 Å². The summed E-state index contributed by atoms with van der Waals surface area (Å²) >= 11 is 3.24. The molecule has 0 spiro atoms. The summed E-state index contributed by atoms with van der Waals surface area (Å²) in [5.74, 6) is 0. The first-order chi connectivity index (χ1) is 9.49. The zero-order valence-corrected chi connectivity index (χ0v) is 13.1. The number of anilines is 1. The summed E-state index contributed by atoms with van der Waals surface area (Å²) < 4.78 is 27.5. The molecule has 6 heteroatoms. The highest BCUT2D eigenvalue weighted by Gasteiger charge is 2.14. The fraction of sp³-hybridized carbons (Fsp3) is 0.143. The second-order valence-electron chi connectivity index (χ2n) is 4.32. The van der Waals surface area contributed by atoms with Crippen molar-refractivity contribution in [3.05, 3.63) is 58.6 Å². The van der Waals surface area contributed by atoms with Crippen molar-refractivity contribution in [2.24, 2.45) is 0 Å². The third-order valence-corrected chi connectivity index (χ3v) is 5.01. The molecule has 4 nitrogen and oxygen atoms in total. The van der Waals surface area contributed by atoms with E-state index in [0.29, 0.717) is 23.1 Å². The lowest BCUT2D eigenvalue weighted by molar-refractivity contribution is 0.581. The molecule has 0 fully saturated rings. The third-order valence-electron chi connectivity index (χ3n) is 2.83. The van der Waals surface area contributed by atoms with Gasteiger partial charge >= 0.3 is 0 Å². The van der Waals surface area contributed by atoms with Crippen LogP contribution in [0, 0.1) is 0 Å². The van der Waals surface area contributed by atoms with Gasteiger partial charge in [0.25, 0.3) is 0 Å². The predicted octanol–water partition coefficient (Wildman–Crippen LogP) is 2.55. The molecule has 0 radical (unpaired) electrons. The molecular formula is C14H15BrN2O2S. The average Bonchev–Trinajstić information content (AvgIpc) is 2.43. The molecule has 0 saturated carbocycles. The van der Waals surface area contributed by atoms with E-state index in [-0.39, 0.29) is 4.90 Å². The second-order valence-corrected chi connectivity index (χ2v) is 6.94. The normalized spacial score (nSPS) is 11.4. The number of hydrogen-bond acceptors (Lipinski definition) is 3. The van der Waals surface area contributed by atoms with E-state index in [1.54, 1.807) is 6.07 Å². The molecule has 20 heavy (non-hydrogen) atoms. The van der Waals surface area contributed by atoms with Gasteiger partial charge in [-0.05, 0) is 46.1 Å². The third kappa shape index (κ3) is 3.82. The Morgan fingerprint density at radius 3 is 2.45 bits per heavy atom. The number of sulfonamides is 1. The highest BCUT2D eigenvalue weighted by molar-refractivity contribution is 9.10. The molecule has 0 aromatic heterocycles. The van der Waals surface area contributed by atoms with E-state index in [1.165, 1.54) is 12.1 Å². The minimum atomic E-state index is -3.52. The molecular weight excluding hydrogens is 340 g/mol. The van der Waals surface area contributed by atoms with E-state index < -0.39 is 10.0 Å². The maximum absolute atomic E-state index is 12.1. The van der Waals surface area contributed by atoms with Crippen LogP contribution in [0.5, 0.6) is 0 Å². The Hall–Kier alpha value is -1.37. The summed E-state index contributed by atoms with van der Waals surface area (Å²) in [5.41, 5.74) is 7.19. The first-order valence-corrected chi connectivity index (χ1v) is 8.35. The molecule has 0 saturated heterocycles. The van der Waals surface area contributed by atoms with Gasteiger partial charge in [0, 0.05) is 16.7 Å². The quantitative estimate of drug-likeness (QED) is 0.810. The van der Waals surface area contributed by atoms with Crippen LogP contribution in [0.3, 0.4) is 0 Å². The molecule has 0 heterocycles. The molecule has 106 valence electrons. The van der Waals surface area contributed by atoms with Gasteiger partial charge in [-0.2, -0.15) is 0 Å². The molecule has 0 amide bonds. The van der Waals surface area contributed by atoms with Gasteiger partial charge in [-0.3, -0.25) is 0 Å². The Morgan fingerprint density at radius 1 is 1.10 bits per heavy atom. The molecule has 2 aromatic rings. The van der Waals surface area contributed by atoms with Crippen molar-refractivity contribution in [2.75, 3.05) is 12.3 Å². The van der Waals surface area contributed by atoms with Crippen molar-refractivity contribution in [3.63, 3.8) is 0 Å². The van der Waals surface area contributed by atoms with Crippen molar-refractivity contribution in [1.29, 1.82) is 0 Å². The summed E-state index contributed by atoms with van der Waals surface area (Å²) in [7, 11) is -3.52. The van der Waals surface area contributed by atoms with Crippen LogP contribution >= 0.6 is 15.9 Å². The van der Waals surface area contributed by atoms with Crippen molar-refractivity contribution in [2.45, 2.75) is 11.3 Å². The Kier molecular flexibility index (Phi) is 4.80. The highest BCUT2D eigenvalue weighted by Crippen LogP contribution is 2.22. The first-order valence-electron chi connectivity index (χ1n) is 6.08. The lowest BCUT2D eigenvalue weighted by Gasteiger charge is -2.08. The van der Waals surface area contributed by atoms with E-state index in [2.05, 4.69) is 20.7 Å². The zero-order valence-electron chi connectivity index (χ0n) is 10.7. The molecule has 0 aliphatic carbocycles. The smallest absolute Gasteiger partial charge is 0.240 e. The molecule has 2 aromatic carbocycles. The average molecular weight is 355 g/mol. The van der Waals surface area contributed by atoms with Gasteiger partial charge in [0.1, 0.15) is 0 Å². The number of nitrogens with one attached hydrogen (secondary N) is 1. The lowest BCUT2D eigenvalue weighted by atomic mass is 10.2. The number of nitrogen functional groups attached to an aromatic ring is 1. The van der Waals surface area contributed by atoms with Gasteiger partial charge in [-0.25, -0.2) is 13.1 Å². The standard InChI is InChI=1S/C14H15BrN2O2S/c15-13-7-6-12(10-14(13)16)20(18,19)17-9-8-11-4-2-1-3-5-11/h1-7,10,17H,8-9,16H2. The Balaban J connectivity index is 2.02. The molecule has 0 aliphatic rings. The van der Waals surface area contributed by atoms with Gasteiger partial charge in [0.05, 0.1) is 4.90 Å². The van der Waals surface area contributed by atoms with Gasteiger partial charge in [0.2, 0.25) is 10.0 Å². The molecule has 0 aliphatic heterocycles. The van der Waals surface area contributed by atoms with Crippen LogP contribution < -0.4 is 10.5 Å². The maximum atomic E-state index is 12.1. The molecule has 0 atom stereocenters. The highest BCUT2D eigenvalue weighted by atomic mass is 79.9. The number of halogens is 1. The van der Waals surface area contributed by atoms with Gasteiger partial charge in [-0.15, -0.1) is 0 Å². The van der Waals surface area contributed by atoms with Crippen molar-refractivity contribution in [3.8, 4) is 0 Å². The van der Waals surface area contributed by atoms with Gasteiger partial charge < -0.3 is 5.73 Å². The Bertz CT molecular complexity index is 688. The summed E-state index contributed by atoms with van der Waals surface area (Å²) in [6, 6.07) is 14.3. The van der Waals surface area contributed by atoms with Crippen molar-refractivity contribution in [1.82, 2.24) is 4.72 Å². The monoisotopic (exact) mass is 354 g/mol. The lowest BCUT2D eigenvalue weighted by Crippen LogP contribution is -2.26. The van der Waals surface area contributed by atoms with Crippen LogP contribution in [0.15, 0.2) is 57.9 Å². The Morgan fingerprint density at radius 2 is 1.80 bits per heavy atom. The zero-order chi connectivity index (χ0) is 14.6. The summed E-state index contributed by atoms with van der Waals surface area (Å²) in [6.07, 6.45) is 0.645. The van der Waals surface area contributed by atoms with E-state index in [1.807, 2.05) is 30.3 Å². The van der Waals surface area contributed by atoms with Crippen LogP contribution in [-0.4, -0.2) is 15.0 Å². The summed E-state index contributed by atoms with van der Waals surface area (Å²) in [5, 5.41) is 0. The van der Waals surface area contributed by atoms with Crippen molar-refractivity contribution < 1.29 is 8.42 Å². The molecule has 3 N–H and O–H groups in total. The van der Waals surface area contributed by atoms with Crippen LogP contribution in [0.25, 0.3) is 0 Å². The molecule has 0 bridgehead atoms. The van der Waals surface area contributed by atoms with Crippen LogP contribution in [0.2, 0.25) is 0 Å². The Labute approximate surface area is 127 Å². The largest absolute Gasteiger partial charge is 0.398 e. The maximum Gasteiger partial charge on any atom is 0.240 e. The fourth-order valence-electron chi connectivity index (χ4n) is 1.75. The minimum absolute atomic E-state index is 0.172. The van der Waals surface area contributed by atoms with Crippen LogP contribution in [-0.2, 0) is 16.4 Å². The fourth-order valence-corrected chi connectivity index (χ4v) is 3.06. The molecule has 0 unspecified atom stereocenters. The van der Waals surface area contributed by atoms with E-state index >= 15 is 0 Å². The van der Waals surface area contributed by atoms with E-state index in [0.717, 1.165) is 5.56 Å². The number of nitrogens with two attached hydrogens (primary N) is 1. The van der Waals surface area contributed by atoms with E-state index in [4.69, 9.17) is 5.73 Å². The second kappa shape index (κ2) is 6.39. The SMILES string of the molecule is Nc1cc(S(=O)(=O)NCCc2ccccc2)ccc1Br.